The Morgan fingerprint density at radius 3 is 2.55 bits per heavy atom. The zero-order valence-corrected chi connectivity index (χ0v) is 27.0. The molecule has 0 bridgehead atoms. The van der Waals surface area contributed by atoms with Crippen molar-refractivity contribution in [2.45, 2.75) is 51.7 Å². The van der Waals surface area contributed by atoms with Crippen LogP contribution in [-0.2, 0) is 9.53 Å². The zero-order chi connectivity index (χ0) is 33.0. The summed E-state index contributed by atoms with van der Waals surface area (Å²) in [5.41, 5.74) is 2.57. The number of hydrogen-bond acceptors (Lipinski definition) is 6. The topological polar surface area (TPSA) is 129 Å². The number of para-hydroxylation sites is 1. The molecule has 1 aliphatic rings. The number of carbonyl (C=O) groups is 3. The molecule has 0 aliphatic carbocycles. The van der Waals surface area contributed by atoms with Crippen LogP contribution in [-0.4, -0.2) is 63.0 Å². The average molecular weight is 633 g/mol. The number of imidazole rings is 1. The van der Waals surface area contributed by atoms with Crippen molar-refractivity contribution in [2.75, 3.05) is 19.6 Å². The number of nitrogens with one attached hydrogen (secondary N) is 3. The number of amides is 3. The minimum atomic E-state index is -0.566. The summed E-state index contributed by atoms with van der Waals surface area (Å²) in [5, 5.41) is 8.21. The number of carbonyl (C=O) groups excluding carboxylic acids is 3. The molecule has 2 atom stereocenters. The van der Waals surface area contributed by atoms with Gasteiger partial charge >= 0.3 is 6.09 Å². The number of fused-ring (bicyclic) bond motifs is 2. The number of benzene rings is 3. The van der Waals surface area contributed by atoms with E-state index in [1.807, 2.05) is 99.8 Å². The predicted molar refractivity (Wildman–Crippen MR) is 182 cm³/mol. The monoisotopic (exact) mass is 632 g/mol. The van der Waals surface area contributed by atoms with Gasteiger partial charge in [0.15, 0.2) is 5.82 Å². The molecule has 3 aromatic carbocycles. The molecule has 0 saturated carbocycles. The molecule has 5 aromatic rings. The normalized spacial score (nSPS) is 15.7. The Kier molecular flexibility index (Phi) is 9.19. The van der Waals surface area contributed by atoms with Gasteiger partial charge in [0.1, 0.15) is 16.8 Å². The Morgan fingerprint density at radius 2 is 1.77 bits per heavy atom. The van der Waals surface area contributed by atoms with Gasteiger partial charge in [0.05, 0.1) is 23.5 Å². The summed E-state index contributed by atoms with van der Waals surface area (Å²) >= 11 is 0. The minimum Gasteiger partial charge on any atom is -0.444 e. The van der Waals surface area contributed by atoms with Crippen LogP contribution >= 0.6 is 0 Å². The van der Waals surface area contributed by atoms with E-state index in [0.29, 0.717) is 47.7 Å². The van der Waals surface area contributed by atoms with Crippen molar-refractivity contribution in [3.8, 4) is 11.5 Å². The van der Waals surface area contributed by atoms with Crippen LogP contribution < -0.4 is 10.6 Å². The Morgan fingerprint density at radius 1 is 1.00 bits per heavy atom. The number of nitrogens with zero attached hydrogens (tertiary/aromatic N) is 3. The van der Waals surface area contributed by atoms with Gasteiger partial charge < -0.3 is 25.3 Å². The van der Waals surface area contributed by atoms with E-state index >= 15 is 0 Å². The fraction of sp³-hybridized carbons (Fsp3) is 0.324. The molecule has 3 amide bonds. The molecule has 10 heteroatoms. The van der Waals surface area contributed by atoms with Crippen LogP contribution in [0.25, 0.3) is 33.3 Å². The van der Waals surface area contributed by atoms with Gasteiger partial charge in [-0.2, -0.15) is 0 Å². The quantitative estimate of drug-likeness (QED) is 0.182. The molecule has 3 N–H and O–H groups in total. The fourth-order valence-electron chi connectivity index (χ4n) is 5.96. The average Bonchev–Trinajstić information content (AvgIpc) is 3.51. The number of aromatic nitrogens is 3. The molecule has 2 aromatic heterocycles. The Labute approximate surface area is 273 Å². The maximum Gasteiger partial charge on any atom is 0.410 e. The maximum atomic E-state index is 13.8. The lowest BCUT2D eigenvalue weighted by Gasteiger charge is -2.34. The SMILES string of the molecule is CC(C)(C)OC(=O)N1CCCC(CNC(=O)CC(NC(=O)c2cccc3[nH]c(-c4cc5ccccc5cn4)nc23)c2ccccc2)C1. The molecule has 242 valence electrons. The first-order valence-electron chi connectivity index (χ1n) is 16.1. The second kappa shape index (κ2) is 13.6. The lowest BCUT2D eigenvalue weighted by Crippen LogP contribution is -2.45. The standard InChI is InChI=1S/C37H40N6O4/c1-37(2,3)47-36(46)43-18-10-11-24(23-43)21-39-32(44)20-30(25-12-5-4-6-13-25)41-35(45)28-16-9-17-29-33(28)42-34(40-29)31-19-26-14-7-8-15-27(26)22-38-31/h4-9,12-17,19,22,24,30H,10-11,18,20-21,23H2,1-3H3,(H,39,44)(H,40,42)(H,41,45). The highest BCUT2D eigenvalue weighted by Gasteiger charge is 2.28. The Hall–Kier alpha value is -5.25. The van der Waals surface area contributed by atoms with Crippen molar-refractivity contribution in [1.29, 1.82) is 0 Å². The number of piperidine rings is 1. The predicted octanol–water partition coefficient (Wildman–Crippen LogP) is 6.40. The van der Waals surface area contributed by atoms with Crippen LogP contribution in [0.4, 0.5) is 4.79 Å². The molecule has 1 aliphatic heterocycles. The molecule has 3 heterocycles. The van der Waals surface area contributed by atoms with Crippen LogP contribution in [0.5, 0.6) is 0 Å². The van der Waals surface area contributed by atoms with Gasteiger partial charge in [0.2, 0.25) is 5.91 Å². The molecule has 0 radical (unpaired) electrons. The van der Waals surface area contributed by atoms with Crippen LogP contribution in [0.3, 0.4) is 0 Å². The number of likely N-dealkylation sites (tertiary alicyclic amines) is 1. The third kappa shape index (κ3) is 7.77. The van der Waals surface area contributed by atoms with E-state index in [0.717, 1.165) is 29.2 Å². The van der Waals surface area contributed by atoms with Crippen molar-refractivity contribution in [3.63, 3.8) is 0 Å². The van der Waals surface area contributed by atoms with Crippen LogP contribution in [0, 0.1) is 5.92 Å². The Bertz CT molecular complexity index is 1900. The Balaban J connectivity index is 1.14. The molecule has 0 spiro atoms. The van der Waals surface area contributed by atoms with Crippen LogP contribution in [0.1, 0.15) is 62.0 Å². The van der Waals surface area contributed by atoms with Gasteiger partial charge in [-0.3, -0.25) is 14.6 Å². The van der Waals surface area contributed by atoms with E-state index in [-0.39, 0.29) is 30.2 Å². The van der Waals surface area contributed by atoms with Crippen molar-refractivity contribution >= 4 is 39.7 Å². The van der Waals surface area contributed by atoms with Gasteiger partial charge in [-0.25, -0.2) is 9.78 Å². The second-order valence-electron chi connectivity index (χ2n) is 13.1. The third-order valence-corrected chi connectivity index (χ3v) is 8.29. The minimum absolute atomic E-state index is 0.0566. The molecule has 1 saturated heterocycles. The molecule has 1 fully saturated rings. The van der Waals surface area contributed by atoms with E-state index in [1.165, 1.54) is 0 Å². The highest BCUT2D eigenvalue weighted by Crippen LogP contribution is 2.26. The summed E-state index contributed by atoms with van der Waals surface area (Å²) < 4.78 is 5.54. The number of H-pyrrole nitrogens is 1. The number of pyridine rings is 1. The molecule has 47 heavy (non-hydrogen) atoms. The van der Waals surface area contributed by atoms with E-state index in [4.69, 9.17) is 9.72 Å². The van der Waals surface area contributed by atoms with Crippen molar-refractivity contribution in [3.05, 3.63) is 96.2 Å². The summed E-state index contributed by atoms with van der Waals surface area (Å²) in [6.07, 6.45) is 3.30. The lowest BCUT2D eigenvalue weighted by atomic mass is 9.98. The van der Waals surface area contributed by atoms with Crippen LogP contribution in [0.2, 0.25) is 0 Å². The molecule has 10 nitrogen and oxygen atoms in total. The number of hydrogen-bond donors (Lipinski definition) is 3. The number of rotatable bonds is 8. The van der Waals surface area contributed by atoms with E-state index in [1.54, 1.807) is 11.0 Å². The van der Waals surface area contributed by atoms with Gasteiger partial charge in [-0.05, 0) is 68.7 Å². The van der Waals surface area contributed by atoms with Gasteiger partial charge in [0, 0.05) is 31.2 Å². The van der Waals surface area contributed by atoms with E-state index in [9.17, 15) is 14.4 Å². The highest BCUT2D eigenvalue weighted by molar-refractivity contribution is 6.05. The maximum absolute atomic E-state index is 13.8. The van der Waals surface area contributed by atoms with Gasteiger partial charge in [-0.1, -0.05) is 60.7 Å². The summed E-state index contributed by atoms with van der Waals surface area (Å²) in [4.78, 5) is 54.0. The zero-order valence-electron chi connectivity index (χ0n) is 27.0. The smallest absolute Gasteiger partial charge is 0.410 e. The summed E-state index contributed by atoms with van der Waals surface area (Å²) in [7, 11) is 0. The third-order valence-electron chi connectivity index (χ3n) is 8.29. The van der Waals surface area contributed by atoms with Gasteiger partial charge in [0.25, 0.3) is 5.91 Å². The molecular weight excluding hydrogens is 592 g/mol. The second-order valence-corrected chi connectivity index (χ2v) is 13.1. The first-order chi connectivity index (χ1) is 22.6. The van der Waals surface area contributed by atoms with E-state index in [2.05, 4.69) is 20.6 Å². The lowest BCUT2D eigenvalue weighted by molar-refractivity contribution is -0.121. The molecular formula is C37H40N6O4. The summed E-state index contributed by atoms with van der Waals surface area (Å²) in [5.74, 6) is 0.171. The van der Waals surface area contributed by atoms with Gasteiger partial charge in [-0.15, -0.1) is 0 Å². The fourth-order valence-corrected chi connectivity index (χ4v) is 5.96. The van der Waals surface area contributed by atoms with E-state index < -0.39 is 11.6 Å². The molecule has 6 rings (SSSR count). The van der Waals surface area contributed by atoms with Crippen molar-refractivity contribution in [1.82, 2.24) is 30.5 Å². The summed E-state index contributed by atoms with van der Waals surface area (Å²) in [6, 6.07) is 24.3. The summed E-state index contributed by atoms with van der Waals surface area (Å²) in [6.45, 7) is 7.16. The number of aromatic amines is 1. The highest BCUT2D eigenvalue weighted by atomic mass is 16.6. The number of ether oxygens (including phenoxy) is 1. The molecule has 2 unspecified atom stereocenters. The van der Waals surface area contributed by atoms with Crippen LogP contribution in [0.15, 0.2) is 85.1 Å². The van der Waals surface area contributed by atoms with Crippen molar-refractivity contribution < 1.29 is 19.1 Å². The first kappa shape index (κ1) is 31.7. The van der Waals surface area contributed by atoms with Crippen molar-refractivity contribution in [2.24, 2.45) is 5.92 Å². The largest absolute Gasteiger partial charge is 0.444 e. The first-order valence-corrected chi connectivity index (χ1v) is 16.1.